The maximum Gasteiger partial charge on any atom is 0.418 e. The normalized spacial score (nSPS) is 16.3. The maximum absolute atomic E-state index is 13.1. The smallest absolute Gasteiger partial charge is 0.371 e. The average molecular weight is 258 g/mol. The van der Waals surface area contributed by atoms with Crippen LogP contribution in [0.5, 0.6) is 0 Å². The lowest BCUT2D eigenvalue weighted by Crippen LogP contribution is -2.22. The number of halogens is 3. The van der Waals surface area contributed by atoms with E-state index in [-0.39, 0.29) is 0 Å². The lowest BCUT2D eigenvalue weighted by molar-refractivity contribution is -0.137. The van der Waals surface area contributed by atoms with E-state index in [9.17, 15) is 13.2 Å². The number of rotatable bonds is 3. The first kappa shape index (κ1) is 13.2. The molecule has 1 fully saturated rings. The molecule has 0 amide bonds. The van der Waals surface area contributed by atoms with Gasteiger partial charge in [-0.2, -0.15) is 13.2 Å². The van der Waals surface area contributed by atoms with E-state index in [0.29, 0.717) is 30.9 Å². The Bertz CT molecular complexity index is 409. The predicted octanol–water partition coefficient (Wildman–Crippen LogP) is 3.03. The lowest BCUT2D eigenvalue weighted by Gasteiger charge is -2.23. The molecule has 0 unspecified atom stereocenters. The minimum absolute atomic E-state index is 0.319. The van der Waals surface area contributed by atoms with Crippen LogP contribution in [0.15, 0.2) is 18.2 Å². The first-order valence-electron chi connectivity index (χ1n) is 6.12. The largest absolute Gasteiger partial charge is 0.418 e. The summed E-state index contributed by atoms with van der Waals surface area (Å²) >= 11 is 0. The molecule has 1 saturated heterocycles. The predicted molar refractivity (Wildman–Crippen MR) is 65.7 cm³/mol. The Balaban J connectivity index is 2.38. The van der Waals surface area contributed by atoms with Gasteiger partial charge in [-0.05, 0) is 37.6 Å². The summed E-state index contributed by atoms with van der Waals surface area (Å²) in [4.78, 5) is 1.83. The molecule has 2 nitrogen and oxygen atoms in total. The van der Waals surface area contributed by atoms with Crippen molar-refractivity contribution in [2.75, 3.05) is 25.0 Å². The fourth-order valence-electron chi connectivity index (χ4n) is 2.36. The molecule has 1 N–H and O–H groups in total. The first-order valence-corrected chi connectivity index (χ1v) is 6.12. The van der Waals surface area contributed by atoms with Gasteiger partial charge in [0.05, 0.1) is 5.56 Å². The highest BCUT2D eigenvalue weighted by Gasteiger charge is 2.35. The topological polar surface area (TPSA) is 15.3 Å². The van der Waals surface area contributed by atoms with Crippen molar-refractivity contribution in [2.45, 2.75) is 25.6 Å². The molecule has 2 rings (SSSR count). The zero-order valence-electron chi connectivity index (χ0n) is 10.3. The molecule has 0 aromatic heterocycles. The number of anilines is 1. The average Bonchev–Trinajstić information content (AvgIpc) is 2.81. The molecular weight excluding hydrogens is 241 g/mol. The summed E-state index contributed by atoms with van der Waals surface area (Å²) in [6, 6.07) is 4.62. The monoisotopic (exact) mass is 258 g/mol. The van der Waals surface area contributed by atoms with Gasteiger partial charge < -0.3 is 10.2 Å². The second-order valence-electron chi connectivity index (χ2n) is 4.57. The minimum Gasteiger partial charge on any atom is -0.371 e. The zero-order chi connectivity index (χ0) is 13.2. The molecule has 0 radical (unpaired) electrons. The Labute approximate surface area is 105 Å². The standard InChI is InChI=1S/C13H17F3N2/c1-17-9-10-4-5-12(18-6-2-3-7-18)11(8-10)13(14,15)16/h4-5,8,17H,2-3,6-7,9H2,1H3. The van der Waals surface area contributed by atoms with E-state index in [0.717, 1.165) is 12.8 Å². The third-order valence-electron chi connectivity index (χ3n) is 3.19. The van der Waals surface area contributed by atoms with Gasteiger partial charge in [0.1, 0.15) is 0 Å². The van der Waals surface area contributed by atoms with Crippen LogP contribution in [0.1, 0.15) is 24.0 Å². The van der Waals surface area contributed by atoms with E-state index < -0.39 is 11.7 Å². The van der Waals surface area contributed by atoms with E-state index >= 15 is 0 Å². The molecule has 5 heteroatoms. The number of alkyl halides is 3. The van der Waals surface area contributed by atoms with Crippen molar-refractivity contribution in [1.82, 2.24) is 5.32 Å². The van der Waals surface area contributed by atoms with Gasteiger partial charge in [-0.15, -0.1) is 0 Å². The number of nitrogens with zero attached hydrogens (tertiary/aromatic N) is 1. The molecule has 18 heavy (non-hydrogen) atoms. The summed E-state index contributed by atoms with van der Waals surface area (Å²) in [7, 11) is 1.72. The van der Waals surface area contributed by atoms with Crippen LogP contribution in [0.25, 0.3) is 0 Å². The van der Waals surface area contributed by atoms with Crippen molar-refractivity contribution in [3.8, 4) is 0 Å². The highest BCUT2D eigenvalue weighted by molar-refractivity contribution is 5.57. The van der Waals surface area contributed by atoms with Crippen LogP contribution in [0.2, 0.25) is 0 Å². The summed E-state index contributed by atoms with van der Waals surface area (Å²) in [5.41, 5.74) is 0.463. The van der Waals surface area contributed by atoms with Gasteiger partial charge in [-0.3, -0.25) is 0 Å². The van der Waals surface area contributed by atoms with Crippen molar-refractivity contribution in [1.29, 1.82) is 0 Å². The van der Waals surface area contributed by atoms with Gasteiger partial charge >= 0.3 is 6.18 Å². The number of hydrogen-bond acceptors (Lipinski definition) is 2. The number of benzene rings is 1. The number of nitrogens with one attached hydrogen (secondary N) is 1. The Kier molecular flexibility index (Phi) is 3.80. The van der Waals surface area contributed by atoms with Gasteiger partial charge in [-0.1, -0.05) is 6.07 Å². The van der Waals surface area contributed by atoms with E-state index in [1.54, 1.807) is 19.2 Å². The van der Waals surface area contributed by atoms with Crippen molar-refractivity contribution < 1.29 is 13.2 Å². The Morgan fingerprint density at radius 3 is 2.44 bits per heavy atom. The van der Waals surface area contributed by atoms with Crippen molar-refractivity contribution in [3.05, 3.63) is 29.3 Å². The van der Waals surface area contributed by atoms with Crippen LogP contribution in [0.3, 0.4) is 0 Å². The Morgan fingerprint density at radius 1 is 1.22 bits per heavy atom. The van der Waals surface area contributed by atoms with Crippen molar-refractivity contribution in [2.24, 2.45) is 0 Å². The molecule has 0 atom stereocenters. The fourth-order valence-corrected chi connectivity index (χ4v) is 2.36. The van der Waals surface area contributed by atoms with Crippen LogP contribution in [-0.2, 0) is 12.7 Å². The summed E-state index contributed by atoms with van der Waals surface area (Å²) < 4.78 is 39.2. The van der Waals surface area contributed by atoms with Crippen LogP contribution in [-0.4, -0.2) is 20.1 Å². The quantitative estimate of drug-likeness (QED) is 0.896. The van der Waals surface area contributed by atoms with Crippen LogP contribution in [0.4, 0.5) is 18.9 Å². The fraction of sp³-hybridized carbons (Fsp3) is 0.538. The molecule has 1 aliphatic rings. The van der Waals surface area contributed by atoms with E-state index in [1.807, 2.05) is 4.90 Å². The Morgan fingerprint density at radius 2 is 1.89 bits per heavy atom. The zero-order valence-corrected chi connectivity index (χ0v) is 10.3. The van der Waals surface area contributed by atoms with Gasteiger partial charge in [0, 0.05) is 25.3 Å². The molecule has 0 aliphatic carbocycles. The van der Waals surface area contributed by atoms with Crippen LogP contribution < -0.4 is 10.2 Å². The third kappa shape index (κ3) is 2.77. The third-order valence-corrected chi connectivity index (χ3v) is 3.19. The van der Waals surface area contributed by atoms with Crippen molar-refractivity contribution >= 4 is 5.69 Å². The van der Waals surface area contributed by atoms with E-state index in [1.165, 1.54) is 6.07 Å². The molecule has 1 aliphatic heterocycles. The molecule has 1 heterocycles. The van der Waals surface area contributed by atoms with Crippen molar-refractivity contribution in [3.63, 3.8) is 0 Å². The summed E-state index contributed by atoms with van der Waals surface area (Å²) in [5, 5.41) is 2.87. The first-order chi connectivity index (χ1) is 8.52. The lowest BCUT2D eigenvalue weighted by atomic mass is 10.1. The maximum atomic E-state index is 13.1. The molecular formula is C13H17F3N2. The molecule has 0 bridgehead atoms. The second kappa shape index (κ2) is 5.18. The summed E-state index contributed by atoms with van der Waals surface area (Å²) in [5.74, 6) is 0. The SMILES string of the molecule is CNCc1ccc(N2CCCC2)c(C(F)(F)F)c1. The second-order valence-corrected chi connectivity index (χ2v) is 4.57. The highest BCUT2D eigenvalue weighted by atomic mass is 19.4. The van der Waals surface area contributed by atoms with Gasteiger partial charge in [0.2, 0.25) is 0 Å². The van der Waals surface area contributed by atoms with E-state index in [2.05, 4.69) is 5.32 Å². The Hall–Kier alpha value is -1.23. The summed E-state index contributed by atoms with van der Waals surface area (Å²) in [6.45, 7) is 1.88. The minimum atomic E-state index is -4.29. The highest BCUT2D eigenvalue weighted by Crippen LogP contribution is 2.38. The summed E-state index contributed by atoms with van der Waals surface area (Å²) in [6.07, 6.45) is -2.35. The molecule has 1 aromatic rings. The van der Waals surface area contributed by atoms with Gasteiger partial charge in [-0.25, -0.2) is 0 Å². The molecule has 0 spiro atoms. The van der Waals surface area contributed by atoms with Gasteiger partial charge in [0.25, 0.3) is 0 Å². The van der Waals surface area contributed by atoms with E-state index in [4.69, 9.17) is 0 Å². The number of hydrogen-bond donors (Lipinski definition) is 1. The van der Waals surface area contributed by atoms with Crippen LogP contribution >= 0.6 is 0 Å². The van der Waals surface area contributed by atoms with Gasteiger partial charge in [0.15, 0.2) is 0 Å². The molecule has 1 aromatic carbocycles. The van der Waals surface area contributed by atoms with Crippen LogP contribution in [0, 0.1) is 0 Å². The molecule has 100 valence electrons. The molecule has 0 saturated carbocycles.